The largest absolute Gasteiger partial charge is 0.444 e. The Kier molecular flexibility index (Phi) is 10.4. The van der Waals surface area contributed by atoms with Crippen molar-refractivity contribution >= 4 is 6.09 Å². The van der Waals surface area contributed by atoms with Crippen LogP contribution >= 0.6 is 0 Å². The van der Waals surface area contributed by atoms with Crippen LogP contribution in [-0.4, -0.2) is 44.5 Å². The number of nitrogens with one attached hydrogen (secondary N) is 2. The minimum absolute atomic E-state index is 0.343. The van der Waals surface area contributed by atoms with Crippen LogP contribution in [0.5, 0.6) is 0 Å². The van der Waals surface area contributed by atoms with Crippen molar-refractivity contribution in [3.63, 3.8) is 0 Å². The zero-order chi connectivity index (χ0) is 16.3. The van der Waals surface area contributed by atoms with E-state index in [2.05, 4.69) is 24.5 Å². The van der Waals surface area contributed by atoms with E-state index in [9.17, 15) is 4.79 Å². The van der Waals surface area contributed by atoms with E-state index in [1.54, 1.807) is 0 Å². The van der Waals surface area contributed by atoms with Crippen LogP contribution in [0.15, 0.2) is 0 Å². The molecule has 1 amide bonds. The van der Waals surface area contributed by atoms with Gasteiger partial charge in [-0.3, -0.25) is 0 Å². The molecule has 126 valence electrons. The molecule has 0 saturated heterocycles. The van der Waals surface area contributed by atoms with Crippen LogP contribution in [0.1, 0.15) is 48.0 Å². The quantitative estimate of drug-likeness (QED) is 0.609. The van der Waals surface area contributed by atoms with Gasteiger partial charge in [-0.15, -0.1) is 0 Å². The number of carbonyl (C=O) groups is 1. The molecule has 21 heavy (non-hydrogen) atoms. The molecule has 1 atom stereocenters. The van der Waals surface area contributed by atoms with Crippen LogP contribution in [0.4, 0.5) is 4.79 Å². The third-order valence-electron chi connectivity index (χ3n) is 3.10. The topological polar surface area (TPSA) is 59.6 Å². The monoisotopic (exact) mass is 302 g/mol. The van der Waals surface area contributed by atoms with E-state index in [4.69, 9.17) is 9.47 Å². The third-order valence-corrected chi connectivity index (χ3v) is 3.10. The Morgan fingerprint density at radius 1 is 1.19 bits per heavy atom. The zero-order valence-corrected chi connectivity index (χ0v) is 14.6. The molecule has 0 rings (SSSR count). The summed E-state index contributed by atoms with van der Waals surface area (Å²) in [6.45, 7) is 16.0. The summed E-state index contributed by atoms with van der Waals surface area (Å²) in [6, 6.07) is 0. The molecule has 0 aliphatic carbocycles. The normalized spacial score (nSPS) is 13.3. The summed E-state index contributed by atoms with van der Waals surface area (Å²) in [5.74, 6) is 0.893. The first-order valence-electron chi connectivity index (χ1n) is 8.01. The lowest BCUT2D eigenvalue weighted by atomic mass is 9.96. The van der Waals surface area contributed by atoms with E-state index < -0.39 is 5.60 Å². The van der Waals surface area contributed by atoms with Gasteiger partial charge in [-0.05, 0) is 59.0 Å². The highest BCUT2D eigenvalue weighted by atomic mass is 16.6. The van der Waals surface area contributed by atoms with Crippen LogP contribution in [0.3, 0.4) is 0 Å². The van der Waals surface area contributed by atoms with Crippen molar-refractivity contribution in [1.82, 2.24) is 10.6 Å². The predicted octanol–water partition coefficient (Wildman–Crippen LogP) is 2.80. The van der Waals surface area contributed by atoms with E-state index in [0.29, 0.717) is 18.4 Å². The molecule has 0 bridgehead atoms. The highest BCUT2D eigenvalue weighted by Gasteiger charge is 2.18. The summed E-state index contributed by atoms with van der Waals surface area (Å²) < 4.78 is 10.6. The minimum Gasteiger partial charge on any atom is -0.444 e. The number of ether oxygens (including phenoxy) is 2. The van der Waals surface area contributed by atoms with Crippen molar-refractivity contribution in [3.8, 4) is 0 Å². The summed E-state index contributed by atoms with van der Waals surface area (Å²) in [7, 11) is 0. The highest BCUT2D eigenvalue weighted by Crippen LogP contribution is 2.10. The molecule has 5 nitrogen and oxygen atoms in total. The summed E-state index contributed by atoms with van der Waals surface area (Å²) in [5.41, 5.74) is -0.449. The summed E-state index contributed by atoms with van der Waals surface area (Å²) in [4.78, 5) is 11.7. The maximum absolute atomic E-state index is 11.7. The Balaban J connectivity index is 3.89. The Bertz CT molecular complexity index is 275. The van der Waals surface area contributed by atoms with E-state index in [1.807, 2.05) is 27.7 Å². The molecule has 1 unspecified atom stereocenters. The lowest BCUT2D eigenvalue weighted by Gasteiger charge is -2.24. The molecule has 0 heterocycles. The number of hydrogen-bond acceptors (Lipinski definition) is 4. The van der Waals surface area contributed by atoms with Crippen LogP contribution in [0.2, 0.25) is 0 Å². The zero-order valence-electron chi connectivity index (χ0n) is 14.6. The standard InChI is InChI=1S/C16H34N2O3/c1-7-20-10-8-9-17-11-14(13(2)3)12-18-15(19)21-16(4,5)6/h13-14,17H,7-12H2,1-6H3,(H,18,19). The third kappa shape index (κ3) is 12.6. The van der Waals surface area contributed by atoms with Gasteiger partial charge in [0.15, 0.2) is 0 Å². The van der Waals surface area contributed by atoms with Gasteiger partial charge in [-0.1, -0.05) is 13.8 Å². The first kappa shape index (κ1) is 20.2. The van der Waals surface area contributed by atoms with Gasteiger partial charge < -0.3 is 20.1 Å². The van der Waals surface area contributed by atoms with Crippen LogP contribution < -0.4 is 10.6 Å². The van der Waals surface area contributed by atoms with Gasteiger partial charge in [0.1, 0.15) is 5.60 Å². The molecular weight excluding hydrogens is 268 g/mol. The van der Waals surface area contributed by atoms with Gasteiger partial charge in [0.25, 0.3) is 0 Å². The lowest BCUT2D eigenvalue weighted by molar-refractivity contribution is 0.0515. The van der Waals surface area contributed by atoms with Crippen molar-refractivity contribution in [2.24, 2.45) is 11.8 Å². The highest BCUT2D eigenvalue weighted by molar-refractivity contribution is 5.67. The van der Waals surface area contributed by atoms with E-state index in [0.717, 1.165) is 32.7 Å². The van der Waals surface area contributed by atoms with E-state index in [1.165, 1.54) is 0 Å². The number of hydrogen-bond donors (Lipinski definition) is 2. The second kappa shape index (κ2) is 10.9. The molecule has 0 saturated carbocycles. The second-order valence-corrected chi connectivity index (χ2v) is 6.64. The minimum atomic E-state index is -0.449. The molecule has 0 aromatic carbocycles. The Morgan fingerprint density at radius 2 is 1.86 bits per heavy atom. The molecule has 0 fully saturated rings. The Hall–Kier alpha value is -0.810. The van der Waals surface area contributed by atoms with Gasteiger partial charge in [-0.25, -0.2) is 4.79 Å². The molecular formula is C16H34N2O3. The fourth-order valence-electron chi connectivity index (χ4n) is 1.80. The molecule has 0 aromatic rings. The maximum Gasteiger partial charge on any atom is 0.407 e. The van der Waals surface area contributed by atoms with Crippen molar-refractivity contribution < 1.29 is 14.3 Å². The average molecular weight is 302 g/mol. The van der Waals surface area contributed by atoms with Crippen LogP contribution in [0, 0.1) is 11.8 Å². The number of carbonyl (C=O) groups excluding carboxylic acids is 1. The molecule has 0 aliphatic rings. The molecule has 0 aromatic heterocycles. The predicted molar refractivity (Wildman–Crippen MR) is 86.5 cm³/mol. The Labute approximate surface area is 130 Å². The number of rotatable bonds is 10. The smallest absolute Gasteiger partial charge is 0.407 e. The van der Waals surface area contributed by atoms with Gasteiger partial charge in [0.2, 0.25) is 0 Å². The summed E-state index contributed by atoms with van der Waals surface area (Å²) in [5, 5.41) is 6.28. The van der Waals surface area contributed by atoms with E-state index >= 15 is 0 Å². The number of alkyl carbamates (subject to hydrolysis) is 1. The first-order chi connectivity index (χ1) is 9.76. The van der Waals surface area contributed by atoms with Crippen molar-refractivity contribution in [1.29, 1.82) is 0 Å². The Morgan fingerprint density at radius 3 is 2.38 bits per heavy atom. The summed E-state index contributed by atoms with van der Waals surface area (Å²) >= 11 is 0. The average Bonchev–Trinajstić information content (AvgIpc) is 2.34. The lowest BCUT2D eigenvalue weighted by Crippen LogP contribution is -2.39. The van der Waals surface area contributed by atoms with Crippen molar-refractivity contribution in [3.05, 3.63) is 0 Å². The molecule has 5 heteroatoms. The van der Waals surface area contributed by atoms with Crippen molar-refractivity contribution in [2.75, 3.05) is 32.8 Å². The second-order valence-electron chi connectivity index (χ2n) is 6.64. The number of amides is 1. The molecule has 2 N–H and O–H groups in total. The van der Waals surface area contributed by atoms with Gasteiger partial charge >= 0.3 is 6.09 Å². The maximum atomic E-state index is 11.7. The molecule has 0 radical (unpaired) electrons. The summed E-state index contributed by atoms with van der Waals surface area (Å²) in [6.07, 6.45) is 0.669. The first-order valence-corrected chi connectivity index (χ1v) is 8.01. The van der Waals surface area contributed by atoms with E-state index in [-0.39, 0.29) is 6.09 Å². The molecule has 0 aliphatic heterocycles. The fraction of sp³-hybridized carbons (Fsp3) is 0.938. The fourth-order valence-corrected chi connectivity index (χ4v) is 1.80. The SMILES string of the molecule is CCOCCCNCC(CNC(=O)OC(C)(C)C)C(C)C. The van der Waals surface area contributed by atoms with Crippen LogP contribution in [0.25, 0.3) is 0 Å². The van der Waals surface area contributed by atoms with Gasteiger partial charge in [0, 0.05) is 19.8 Å². The van der Waals surface area contributed by atoms with Gasteiger partial charge in [0.05, 0.1) is 0 Å². The molecule has 0 spiro atoms. The van der Waals surface area contributed by atoms with Crippen molar-refractivity contribution in [2.45, 2.75) is 53.6 Å². The van der Waals surface area contributed by atoms with Gasteiger partial charge in [-0.2, -0.15) is 0 Å². The van der Waals surface area contributed by atoms with Crippen LogP contribution in [-0.2, 0) is 9.47 Å².